The average Bonchev–Trinajstić information content (AvgIpc) is 2.67. The van der Waals surface area contributed by atoms with Crippen LogP contribution in [0, 0.1) is 11.6 Å². The van der Waals surface area contributed by atoms with Gasteiger partial charge in [0, 0.05) is 23.7 Å². The monoisotopic (exact) mass is 393 g/mol. The fraction of sp³-hybridized carbons (Fsp3) is 0.105. The highest BCUT2D eigenvalue weighted by Gasteiger charge is 2.31. The van der Waals surface area contributed by atoms with Gasteiger partial charge in [0.05, 0.1) is 5.56 Å². The lowest BCUT2D eigenvalue weighted by Crippen LogP contribution is -2.10. The molecule has 4 nitrogen and oxygen atoms in total. The zero-order valence-electron chi connectivity index (χ0n) is 14.1. The maximum Gasteiger partial charge on any atom is 0.416 e. The molecule has 1 aromatic heterocycles. The van der Waals surface area contributed by atoms with Gasteiger partial charge in [-0.1, -0.05) is 18.2 Å². The quantitative estimate of drug-likeness (QED) is 0.508. The molecule has 0 unspecified atom stereocenters. The molecule has 1 N–H and O–H groups in total. The summed E-state index contributed by atoms with van der Waals surface area (Å²) in [6.07, 6.45) is -4.56. The van der Waals surface area contributed by atoms with Gasteiger partial charge in [-0.05, 0) is 30.3 Å². The lowest BCUT2D eigenvalue weighted by atomic mass is 10.0. The summed E-state index contributed by atoms with van der Waals surface area (Å²) >= 11 is 0. The lowest BCUT2D eigenvalue weighted by molar-refractivity contribution is -0.137. The van der Waals surface area contributed by atoms with E-state index in [2.05, 4.69) is 15.5 Å². The van der Waals surface area contributed by atoms with Gasteiger partial charge in [-0.15, -0.1) is 10.2 Å². The largest absolute Gasteiger partial charge is 0.416 e. The second kappa shape index (κ2) is 7.71. The van der Waals surface area contributed by atoms with Crippen molar-refractivity contribution in [3.8, 4) is 0 Å². The van der Waals surface area contributed by atoms with Gasteiger partial charge in [0.25, 0.3) is 0 Å². The number of ketones is 1. The molecule has 1 heterocycles. The zero-order valence-corrected chi connectivity index (χ0v) is 14.1. The lowest BCUT2D eigenvalue weighted by Gasteiger charge is -2.08. The average molecular weight is 393 g/mol. The number of rotatable bonds is 5. The minimum Gasteiger partial charge on any atom is -0.364 e. The van der Waals surface area contributed by atoms with E-state index >= 15 is 0 Å². The fourth-order valence-electron chi connectivity index (χ4n) is 2.38. The summed E-state index contributed by atoms with van der Waals surface area (Å²) in [5.74, 6) is -1.92. The number of nitrogens with zero attached hydrogens (tertiary/aromatic N) is 2. The first-order valence-electron chi connectivity index (χ1n) is 7.97. The standard InChI is InChI=1S/C19H12F5N3O/c20-14-5-4-12(15(21)9-14)10-25-17-7-6-16(26-27-17)18(28)11-2-1-3-13(8-11)19(22,23)24/h1-9H,10H2,(H,25,27). The molecule has 0 bridgehead atoms. The molecule has 9 heteroatoms. The van der Waals surface area contributed by atoms with Gasteiger partial charge < -0.3 is 5.32 Å². The Balaban J connectivity index is 1.71. The van der Waals surface area contributed by atoms with E-state index in [4.69, 9.17) is 0 Å². The number of hydrogen-bond acceptors (Lipinski definition) is 4. The third kappa shape index (κ3) is 4.48. The van der Waals surface area contributed by atoms with Gasteiger partial charge in [-0.25, -0.2) is 8.78 Å². The molecule has 0 aliphatic rings. The Morgan fingerprint density at radius 3 is 2.39 bits per heavy atom. The summed E-state index contributed by atoms with van der Waals surface area (Å²) in [6.45, 7) is 0.00170. The second-order valence-electron chi connectivity index (χ2n) is 5.80. The molecule has 0 radical (unpaired) electrons. The Labute approximate surface area is 156 Å². The van der Waals surface area contributed by atoms with Crippen LogP contribution in [0.4, 0.5) is 27.8 Å². The number of nitrogens with one attached hydrogen (secondary N) is 1. The molecule has 3 aromatic rings. The molecule has 0 aliphatic heterocycles. The smallest absolute Gasteiger partial charge is 0.364 e. The Bertz CT molecular complexity index is 1000. The molecular formula is C19H12F5N3O. The molecular weight excluding hydrogens is 381 g/mol. The number of carbonyl (C=O) groups excluding carboxylic acids is 1. The summed E-state index contributed by atoms with van der Waals surface area (Å²) in [5, 5.41) is 10.2. The molecule has 3 rings (SSSR count). The molecule has 0 aliphatic carbocycles. The predicted molar refractivity (Wildman–Crippen MR) is 90.6 cm³/mol. The van der Waals surface area contributed by atoms with Crippen molar-refractivity contribution >= 4 is 11.6 Å². The van der Waals surface area contributed by atoms with Crippen LogP contribution in [0.2, 0.25) is 0 Å². The van der Waals surface area contributed by atoms with Crippen molar-refractivity contribution in [2.24, 2.45) is 0 Å². The number of halogens is 5. The first-order valence-corrected chi connectivity index (χ1v) is 7.97. The molecule has 144 valence electrons. The molecule has 0 saturated heterocycles. The third-order valence-corrected chi connectivity index (χ3v) is 3.82. The first kappa shape index (κ1) is 19.4. The van der Waals surface area contributed by atoms with E-state index in [9.17, 15) is 26.7 Å². The van der Waals surface area contributed by atoms with E-state index in [1.807, 2.05) is 0 Å². The molecule has 0 spiro atoms. The van der Waals surface area contributed by atoms with Gasteiger partial charge in [0.2, 0.25) is 5.78 Å². The molecule has 0 amide bonds. The first-order chi connectivity index (χ1) is 13.2. The van der Waals surface area contributed by atoms with Crippen LogP contribution >= 0.6 is 0 Å². The summed E-state index contributed by atoms with van der Waals surface area (Å²) in [7, 11) is 0. The summed E-state index contributed by atoms with van der Waals surface area (Å²) in [4.78, 5) is 12.3. The van der Waals surface area contributed by atoms with E-state index in [1.165, 1.54) is 24.3 Å². The minimum absolute atomic E-state index is 0.00170. The zero-order chi connectivity index (χ0) is 20.3. The van der Waals surface area contributed by atoms with Crippen LogP contribution in [-0.4, -0.2) is 16.0 Å². The summed E-state index contributed by atoms with van der Waals surface area (Å²) in [5.41, 5.74) is -1.05. The van der Waals surface area contributed by atoms with Crippen molar-refractivity contribution in [2.75, 3.05) is 5.32 Å². The molecule has 0 saturated carbocycles. The van der Waals surface area contributed by atoms with Crippen molar-refractivity contribution in [1.82, 2.24) is 10.2 Å². The van der Waals surface area contributed by atoms with E-state index in [0.717, 1.165) is 30.3 Å². The van der Waals surface area contributed by atoms with Gasteiger partial charge in [-0.3, -0.25) is 4.79 Å². The van der Waals surface area contributed by atoms with E-state index in [1.54, 1.807) is 0 Å². The van der Waals surface area contributed by atoms with Crippen LogP contribution in [0.25, 0.3) is 0 Å². The Hall–Kier alpha value is -3.36. The van der Waals surface area contributed by atoms with Crippen LogP contribution in [-0.2, 0) is 12.7 Å². The van der Waals surface area contributed by atoms with Gasteiger partial charge in [0.1, 0.15) is 23.1 Å². The number of hydrogen-bond donors (Lipinski definition) is 1. The Morgan fingerprint density at radius 1 is 0.964 bits per heavy atom. The molecule has 28 heavy (non-hydrogen) atoms. The maximum absolute atomic E-state index is 13.6. The van der Waals surface area contributed by atoms with Crippen molar-refractivity contribution in [2.45, 2.75) is 12.7 Å². The van der Waals surface area contributed by atoms with Gasteiger partial charge in [0.15, 0.2) is 0 Å². The van der Waals surface area contributed by atoms with Crippen molar-refractivity contribution in [3.05, 3.63) is 88.6 Å². The van der Waals surface area contributed by atoms with E-state index in [-0.39, 0.29) is 29.2 Å². The van der Waals surface area contributed by atoms with Gasteiger partial charge >= 0.3 is 6.18 Å². The van der Waals surface area contributed by atoms with Gasteiger partial charge in [-0.2, -0.15) is 13.2 Å². The van der Waals surface area contributed by atoms with Crippen LogP contribution < -0.4 is 5.32 Å². The maximum atomic E-state index is 13.6. The highest BCUT2D eigenvalue weighted by Crippen LogP contribution is 2.29. The second-order valence-corrected chi connectivity index (χ2v) is 5.80. The number of benzene rings is 2. The summed E-state index contributed by atoms with van der Waals surface area (Å²) in [6, 6.07) is 9.81. The number of aromatic nitrogens is 2. The number of anilines is 1. The molecule has 0 fully saturated rings. The van der Waals surface area contributed by atoms with Crippen molar-refractivity contribution in [3.63, 3.8) is 0 Å². The van der Waals surface area contributed by atoms with Crippen molar-refractivity contribution in [1.29, 1.82) is 0 Å². The highest BCUT2D eigenvalue weighted by molar-refractivity contribution is 6.07. The van der Waals surface area contributed by atoms with Crippen LogP contribution in [0.1, 0.15) is 27.2 Å². The van der Waals surface area contributed by atoms with Crippen molar-refractivity contribution < 1.29 is 26.7 Å². The fourth-order valence-corrected chi connectivity index (χ4v) is 2.38. The SMILES string of the molecule is O=C(c1cccc(C(F)(F)F)c1)c1ccc(NCc2ccc(F)cc2F)nn1. The summed E-state index contributed by atoms with van der Waals surface area (Å²) < 4.78 is 64.8. The predicted octanol–water partition coefficient (Wildman–Crippen LogP) is 4.62. The van der Waals surface area contributed by atoms with E-state index < -0.39 is 29.2 Å². The van der Waals surface area contributed by atoms with Crippen LogP contribution in [0.5, 0.6) is 0 Å². The topological polar surface area (TPSA) is 54.9 Å². The minimum atomic E-state index is -4.56. The number of carbonyl (C=O) groups is 1. The normalized spacial score (nSPS) is 11.3. The number of alkyl halides is 3. The molecule has 0 atom stereocenters. The third-order valence-electron chi connectivity index (χ3n) is 3.82. The van der Waals surface area contributed by atoms with E-state index in [0.29, 0.717) is 0 Å². The Morgan fingerprint density at radius 2 is 1.75 bits per heavy atom. The molecule has 2 aromatic carbocycles. The highest BCUT2D eigenvalue weighted by atomic mass is 19.4. The van der Waals surface area contributed by atoms with Crippen LogP contribution in [0.3, 0.4) is 0 Å². The Kier molecular flexibility index (Phi) is 5.34. The van der Waals surface area contributed by atoms with Crippen LogP contribution in [0.15, 0.2) is 54.6 Å².